The van der Waals surface area contributed by atoms with Crippen LogP contribution in [0.2, 0.25) is 0 Å². The number of carbonyl (C=O) groups is 1. The van der Waals surface area contributed by atoms with E-state index in [2.05, 4.69) is 5.32 Å². The van der Waals surface area contributed by atoms with Gasteiger partial charge in [-0.15, -0.1) is 0 Å². The van der Waals surface area contributed by atoms with Crippen molar-refractivity contribution < 1.29 is 23.1 Å². The van der Waals surface area contributed by atoms with Gasteiger partial charge in [-0.25, -0.2) is 0 Å². The van der Waals surface area contributed by atoms with Crippen LogP contribution in [-0.4, -0.2) is 23.7 Å². The number of aliphatic hydroxyl groups excluding tert-OH is 1. The second-order valence-corrected chi connectivity index (χ2v) is 5.64. The van der Waals surface area contributed by atoms with E-state index < -0.39 is 34.7 Å². The molecule has 20 heavy (non-hydrogen) atoms. The molecule has 0 saturated carbocycles. The molecule has 0 radical (unpaired) electrons. The van der Waals surface area contributed by atoms with Crippen molar-refractivity contribution in [2.75, 3.05) is 6.54 Å². The zero-order chi connectivity index (χ0) is 15.6. The van der Waals surface area contributed by atoms with Crippen LogP contribution in [0.25, 0.3) is 0 Å². The zero-order valence-electron chi connectivity index (χ0n) is 11.6. The van der Waals surface area contributed by atoms with Crippen LogP contribution in [0.15, 0.2) is 24.3 Å². The molecule has 0 spiro atoms. The topological polar surface area (TPSA) is 49.3 Å². The molecule has 0 aliphatic heterocycles. The quantitative estimate of drug-likeness (QED) is 0.899. The Balaban J connectivity index is 2.84. The van der Waals surface area contributed by atoms with E-state index in [1.807, 2.05) is 0 Å². The summed E-state index contributed by atoms with van der Waals surface area (Å²) in [6, 6.07) is 4.56. The molecule has 0 aliphatic rings. The summed E-state index contributed by atoms with van der Waals surface area (Å²) in [6.45, 7) is 5.21. The molecule has 1 rings (SSSR count). The summed E-state index contributed by atoms with van der Waals surface area (Å²) >= 11 is 0. The number of rotatable bonds is 3. The van der Waals surface area contributed by atoms with E-state index in [1.54, 1.807) is 20.8 Å². The first-order valence-corrected chi connectivity index (χ1v) is 6.16. The highest BCUT2D eigenvalue weighted by Crippen LogP contribution is 2.31. The summed E-state index contributed by atoms with van der Waals surface area (Å²) in [5.41, 5.74) is -1.89. The molecule has 1 aromatic carbocycles. The molecule has 6 heteroatoms. The van der Waals surface area contributed by atoms with E-state index in [0.717, 1.165) is 12.1 Å². The number of benzene rings is 1. The van der Waals surface area contributed by atoms with Crippen LogP contribution in [0, 0.1) is 5.41 Å². The Bertz CT molecular complexity index is 478. The molecular formula is C14H18F3NO2. The van der Waals surface area contributed by atoms with Gasteiger partial charge in [-0.05, 0) is 17.5 Å². The Hall–Kier alpha value is -1.56. The standard InChI is InChI=1S/C14H18F3NO2/c1-13(2,3)11(19)8-18-12(20)9-6-4-5-7-10(9)14(15,16)17/h4-7,11,19H,8H2,1-3H3,(H,18,20). The fraction of sp³-hybridized carbons (Fsp3) is 0.500. The van der Waals surface area contributed by atoms with Crippen LogP contribution in [-0.2, 0) is 6.18 Å². The summed E-state index contributed by atoms with van der Waals surface area (Å²) in [7, 11) is 0. The highest BCUT2D eigenvalue weighted by atomic mass is 19.4. The Kier molecular flexibility index (Phi) is 4.81. The molecule has 0 aliphatic carbocycles. The maximum absolute atomic E-state index is 12.8. The third kappa shape index (κ3) is 4.23. The molecule has 1 amide bonds. The number of alkyl halides is 3. The Morgan fingerprint density at radius 3 is 2.30 bits per heavy atom. The van der Waals surface area contributed by atoms with Crippen LogP contribution in [0.3, 0.4) is 0 Å². The van der Waals surface area contributed by atoms with Gasteiger partial charge < -0.3 is 10.4 Å². The predicted octanol–water partition coefficient (Wildman–Crippen LogP) is 2.84. The van der Waals surface area contributed by atoms with Crippen LogP contribution in [0.5, 0.6) is 0 Å². The van der Waals surface area contributed by atoms with Crippen molar-refractivity contribution in [3.63, 3.8) is 0 Å². The maximum Gasteiger partial charge on any atom is 0.417 e. The first-order valence-electron chi connectivity index (χ1n) is 6.16. The van der Waals surface area contributed by atoms with Gasteiger partial charge in [-0.2, -0.15) is 13.2 Å². The summed E-state index contributed by atoms with van der Waals surface area (Å²) in [5, 5.41) is 12.1. The van der Waals surface area contributed by atoms with Crippen LogP contribution >= 0.6 is 0 Å². The first-order chi connectivity index (χ1) is 9.03. The van der Waals surface area contributed by atoms with Gasteiger partial charge in [0, 0.05) is 6.54 Å². The number of aliphatic hydroxyl groups is 1. The highest BCUT2D eigenvalue weighted by molar-refractivity contribution is 5.95. The lowest BCUT2D eigenvalue weighted by atomic mass is 9.89. The minimum absolute atomic E-state index is 0.103. The van der Waals surface area contributed by atoms with E-state index >= 15 is 0 Å². The second-order valence-electron chi connectivity index (χ2n) is 5.64. The van der Waals surface area contributed by atoms with Crippen molar-refractivity contribution in [1.82, 2.24) is 5.32 Å². The molecule has 0 fully saturated rings. The minimum Gasteiger partial charge on any atom is -0.391 e. The Morgan fingerprint density at radius 2 is 1.80 bits per heavy atom. The summed E-state index contributed by atoms with van der Waals surface area (Å²) in [5.74, 6) is -0.846. The molecule has 1 unspecified atom stereocenters. The average Bonchev–Trinajstić information content (AvgIpc) is 2.33. The zero-order valence-corrected chi connectivity index (χ0v) is 11.6. The van der Waals surface area contributed by atoms with Crippen molar-refractivity contribution in [2.24, 2.45) is 5.41 Å². The monoisotopic (exact) mass is 289 g/mol. The molecule has 1 aromatic rings. The van der Waals surface area contributed by atoms with E-state index in [4.69, 9.17) is 0 Å². The van der Waals surface area contributed by atoms with Crippen molar-refractivity contribution >= 4 is 5.91 Å². The van der Waals surface area contributed by atoms with Gasteiger partial charge in [0.2, 0.25) is 0 Å². The second kappa shape index (κ2) is 5.83. The number of carbonyl (C=O) groups excluding carboxylic acids is 1. The van der Waals surface area contributed by atoms with Crippen molar-refractivity contribution in [2.45, 2.75) is 33.1 Å². The minimum atomic E-state index is -4.59. The lowest BCUT2D eigenvalue weighted by molar-refractivity contribution is -0.137. The van der Waals surface area contributed by atoms with Gasteiger partial charge in [0.1, 0.15) is 0 Å². The van der Waals surface area contributed by atoms with E-state index in [-0.39, 0.29) is 6.54 Å². The van der Waals surface area contributed by atoms with Gasteiger partial charge in [0.05, 0.1) is 17.2 Å². The molecule has 0 heterocycles. The molecule has 0 bridgehead atoms. The third-order valence-corrected chi connectivity index (χ3v) is 2.93. The van der Waals surface area contributed by atoms with Crippen molar-refractivity contribution in [3.05, 3.63) is 35.4 Å². The largest absolute Gasteiger partial charge is 0.417 e. The van der Waals surface area contributed by atoms with Crippen molar-refractivity contribution in [3.8, 4) is 0 Å². The molecule has 0 saturated heterocycles. The molecule has 0 aromatic heterocycles. The number of amides is 1. The molecular weight excluding hydrogens is 271 g/mol. The van der Waals surface area contributed by atoms with E-state index in [0.29, 0.717) is 0 Å². The van der Waals surface area contributed by atoms with E-state index in [9.17, 15) is 23.1 Å². The summed E-state index contributed by atoms with van der Waals surface area (Å²) in [4.78, 5) is 11.8. The Morgan fingerprint density at radius 1 is 1.25 bits per heavy atom. The van der Waals surface area contributed by atoms with Crippen LogP contribution in [0.1, 0.15) is 36.7 Å². The highest BCUT2D eigenvalue weighted by Gasteiger charge is 2.35. The number of hydrogen-bond acceptors (Lipinski definition) is 2. The third-order valence-electron chi connectivity index (χ3n) is 2.93. The normalized spacial score (nSPS) is 13.9. The number of halogens is 3. The molecule has 3 nitrogen and oxygen atoms in total. The lowest BCUT2D eigenvalue weighted by Gasteiger charge is -2.26. The van der Waals surface area contributed by atoms with E-state index in [1.165, 1.54) is 12.1 Å². The SMILES string of the molecule is CC(C)(C)C(O)CNC(=O)c1ccccc1C(F)(F)F. The van der Waals surface area contributed by atoms with Crippen molar-refractivity contribution in [1.29, 1.82) is 0 Å². The average molecular weight is 289 g/mol. The Labute approximate surface area is 115 Å². The van der Waals surface area contributed by atoms with Gasteiger partial charge in [-0.3, -0.25) is 4.79 Å². The predicted molar refractivity (Wildman–Crippen MR) is 69.2 cm³/mol. The van der Waals surface area contributed by atoms with Gasteiger partial charge in [0.25, 0.3) is 5.91 Å². The summed E-state index contributed by atoms with van der Waals surface area (Å²) in [6.07, 6.45) is -5.43. The molecule has 1 atom stereocenters. The smallest absolute Gasteiger partial charge is 0.391 e. The van der Waals surface area contributed by atoms with Gasteiger partial charge >= 0.3 is 6.18 Å². The number of hydrogen-bond donors (Lipinski definition) is 2. The van der Waals surface area contributed by atoms with Gasteiger partial charge in [-0.1, -0.05) is 32.9 Å². The number of nitrogens with one attached hydrogen (secondary N) is 1. The fourth-order valence-corrected chi connectivity index (χ4v) is 1.52. The fourth-order valence-electron chi connectivity index (χ4n) is 1.52. The first kappa shape index (κ1) is 16.5. The van der Waals surface area contributed by atoms with Gasteiger partial charge in [0.15, 0.2) is 0 Å². The molecule has 2 N–H and O–H groups in total. The van der Waals surface area contributed by atoms with Crippen LogP contribution < -0.4 is 5.32 Å². The lowest BCUT2D eigenvalue weighted by Crippen LogP contribution is -2.39. The maximum atomic E-state index is 12.8. The summed E-state index contributed by atoms with van der Waals surface area (Å²) < 4.78 is 38.3. The van der Waals surface area contributed by atoms with Crippen LogP contribution in [0.4, 0.5) is 13.2 Å². The molecule has 112 valence electrons.